The van der Waals surface area contributed by atoms with Crippen LogP contribution in [0.15, 0.2) is 4.60 Å². The standard InChI is InChI=1S/C4H6BrN3O/c1-8-3(5)2(9)4(6)7-8/h9H,1H3,(H2,6,7). The van der Waals surface area contributed by atoms with E-state index in [9.17, 15) is 0 Å². The Bertz CT molecular complexity index is 209. The molecule has 1 aromatic heterocycles. The van der Waals surface area contributed by atoms with Crippen molar-refractivity contribution in [3.8, 4) is 5.75 Å². The molecule has 0 spiro atoms. The molecule has 0 aliphatic carbocycles. The van der Waals surface area contributed by atoms with E-state index in [4.69, 9.17) is 10.8 Å². The summed E-state index contributed by atoms with van der Waals surface area (Å²) in [5.41, 5.74) is 5.23. The highest BCUT2D eigenvalue weighted by atomic mass is 79.9. The molecule has 0 saturated carbocycles. The highest BCUT2D eigenvalue weighted by Gasteiger charge is 2.07. The Kier molecular flexibility index (Phi) is 1.36. The van der Waals surface area contributed by atoms with Crippen LogP contribution in [0.5, 0.6) is 5.75 Å². The molecule has 1 heterocycles. The van der Waals surface area contributed by atoms with E-state index >= 15 is 0 Å². The zero-order chi connectivity index (χ0) is 7.02. The van der Waals surface area contributed by atoms with Crippen molar-refractivity contribution in [2.75, 3.05) is 5.73 Å². The second-order valence-electron chi connectivity index (χ2n) is 1.65. The van der Waals surface area contributed by atoms with E-state index in [-0.39, 0.29) is 11.6 Å². The van der Waals surface area contributed by atoms with Crippen LogP contribution in [0.1, 0.15) is 0 Å². The van der Waals surface area contributed by atoms with Crippen molar-refractivity contribution in [2.24, 2.45) is 7.05 Å². The van der Waals surface area contributed by atoms with E-state index in [0.717, 1.165) is 0 Å². The van der Waals surface area contributed by atoms with Gasteiger partial charge in [0, 0.05) is 7.05 Å². The topological polar surface area (TPSA) is 64.1 Å². The first-order valence-corrected chi connectivity index (χ1v) is 3.09. The third kappa shape index (κ3) is 0.873. The third-order valence-electron chi connectivity index (χ3n) is 0.980. The van der Waals surface area contributed by atoms with Crippen LogP contribution in [-0.2, 0) is 7.05 Å². The normalized spacial score (nSPS) is 10.0. The van der Waals surface area contributed by atoms with Crippen molar-refractivity contribution >= 4 is 21.7 Å². The Morgan fingerprint density at radius 2 is 2.33 bits per heavy atom. The van der Waals surface area contributed by atoms with Crippen LogP contribution in [0.25, 0.3) is 0 Å². The molecule has 4 nitrogen and oxygen atoms in total. The summed E-state index contributed by atoms with van der Waals surface area (Å²) in [6, 6.07) is 0. The predicted molar refractivity (Wildman–Crippen MR) is 37.0 cm³/mol. The number of aromatic nitrogens is 2. The lowest BCUT2D eigenvalue weighted by atomic mass is 10.6. The summed E-state index contributed by atoms with van der Waals surface area (Å²) in [6.07, 6.45) is 0. The van der Waals surface area contributed by atoms with Gasteiger partial charge in [-0.25, -0.2) is 0 Å². The average molecular weight is 192 g/mol. The summed E-state index contributed by atoms with van der Waals surface area (Å²) < 4.78 is 1.95. The van der Waals surface area contributed by atoms with Crippen molar-refractivity contribution in [3.05, 3.63) is 4.60 Å². The quantitative estimate of drug-likeness (QED) is 0.627. The van der Waals surface area contributed by atoms with E-state index in [2.05, 4.69) is 21.0 Å². The van der Waals surface area contributed by atoms with Gasteiger partial charge in [-0.3, -0.25) is 4.68 Å². The molecule has 0 aromatic carbocycles. The van der Waals surface area contributed by atoms with Crippen molar-refractivity contribution in [2.45, 2.75) is 0 Å². The first-order valence-electron chi connectivity index (χ1n) is 2.30. The molecule has 3 N–H and O–H groups in total. The molecule has 9 heavy (non-hydrogen) atoms. The molecule has 0 atom stereocenters. The Hall–Kier alpha value is -0.710. The van der Waals surface area contributed by atoms with Gasteiger partial charge in [0.2, 0.25) is 0 Å². The molecule has 0 bridgehead atoms. The lowest BCUT2D eigenvalue weighted by Crippen LogP contribution is -1.91. The number of halogens is 1. The second kappa shape index (κ2) is 1.91. The van der Waals surface area contributed by atoms with E-state index in [1.165, 1.54) is 4.68 Å². The summed E-state index contributed by atoms with van der Waals surface area (Å²) in [4.78, 5) is 0. The maximum atomic E-state index is 8.97. The number of nitrogens with two attached hydrogens (primary N) is 1. The molecular formula is C4H6BrN3O. The molecule has 1 rings (SSSR count). The van der Waals surface area contributed by atoms with Crippen molar-refractivity contribution in [3.63, 3.8) is 0 Å². The first kappa shape index (κ1) is 6.41. The van der Waals surface area contributed by atoms with E-state index in [1.54, 1.807) is 7.05 Å². The SMILES string of the molecule is Cn1nc(N)c(O)c1Br. The van der Waals surface area contributed by atoms with Gasteiger partial charge in [0.05, 0.1) is 0 Å². The summed E-state index contributed by atoms with van der Waals surface area (Å²) in [6.45, 7) is 0. The molecular weight excluding hydrogens is 186 g/mol. The Morgan fingerprint density at radius 3 is 2.44 bits per heavy atom. The molecule has 50 valence electrons. The number of nitrogen functional groups attached to an aromatic ring is 1. The number of nitrogens with zero attached hydrogens (tertiary/aromatic N) is 2. The number of hydrogen-bond donors (Lipinski definition) is 2. The van der Waals surface area contributed by atoms with Crippen LogP contribution in [0.2, 0.25) is 0 Å². The van der Waals surface area contributed by atoms with E-state index < -0.39 is 0 Å². The summed E-state index contributed by atoms with van der Waals surface area (Å²) >= 11 is 3.07. The van der Waals surface area contributed by atoms with Gasteiger partial charge >= 0.3 is 0 Å². The van der Waals surface area contributed by atoms with Crippen LogP contribution >= 0.6 is 15.9 Å². The fraction of sp³-hybridized carbons (Fsp3) is 0.250. The fourth-order valence-corrected chi connectivity index (χ4v) is 0.794. The lowest BCUT2D eigenvalue weighted by molar-refractivity contribution is 0.472. The molecule has 0 fully saturated rings. The van der Waals surface area contributed by atoms with Crippen molar-refractivity contribution in [1.82, 2.24) is 9.78 Å². The summed E-state index contributed by atoms with van der Waals surface area (Å²) in [5, 5.41) is 12.7. The number of aryl methyl sites for hydroxylation is 1. The number of hydrogen-bond acceptors (Lipinski definition) is 3. The van der Waals surface area contributed by atoms with Crippen LogP contribution in [0.4, 0.5) is 5.82 Å². The number of rotatable bonds is 0. The van der Waals surface area contributed by atoms with Crippen LogP contribution < -0.4 is 5.73 Å². The van der Waals surface area contributed by atoms with Gasteiger partial charge < -0.3 is 10.8 Å². The maximum absolute atomic E-state index is 8.97. The number of anilines is 1. The van der Waals surface area contributed by atoms with E-state index in [0.29, 0.717) is 4.60 Å². The van der Waals surface area contributed by atoms with Gasteiger partial charge in [0.25, 0.3) is 0 Å². The minimum absolute atomic E-state index is 0.00231. The van der Waals surface area contributed by atoms with Crippen LogP contribution in [0.3, 0.4) is 0 Å². The van der Waals surface area contributed by atoms with E-state index in [1.807, 2.05) is 0 Å². The zero-order valence-electron chi connectivity index (χ0n) is 4.80. The average Bonchev–Trinajstić information content (AvgIpc) is 1.98. The molecule has 0 radical (unpaired) electrons. The smallest absolute Gasteiger partial charge is 0.192 e. The molecule has 0 aliphatic rings. The highest BCUT2D eigenvalue weighted by molar-refractivity contribution is 9.10. The highest BCUT2D eigenvalue weighted by Crippen LogP contribution is 2.27. The van der Waals surface area contributed by atoms with Gasteiger partial charge in [-0.2, -0.15) is 5.10 Å². The number of aromatic hydroxyl groups is 1. The van der Waals surface area contributed by atoms with Gasteiger partial charge in [-0.05, 0) is 15.9 Å². The van der Waals surface area contributed by atoms with Gasteiger partial charge in [-0.1, -0.05) is 0 Å². The van der Waals surface area contributed by atoms with Gasteiger partial charge in [0.15, 0.2) is 11.6 Å². The third-order valence-corrected chi connectivity index (χ3v) is 1.87. The molecule has 0 saturated heterocycles. The molecule has 0 aliphatic heterocycles. The fourth-order valence-electron chi connectivity index (χ4n) is 0.512. The first-order chi connectivity index (χ1) is 4.13. The Balaban J connectivity index is 3.29. The second-order valence-corrected chi connectivity index (χ2v) is 2.40. The maximum Gasteiger partial charge on any atom is 0.192 e. The lowest BCUT2D eigenvalue weighted by Gasteiger charge is -1.87. The molecule has 0 unspecified atom stereocenters. The minimum Gasteiger partial charge on any atom is -0.502 e. The van der Waals surface area contributed by atoms with Crippen molar-refractivity contribution < 1.29 is 5.11 Å². The van der Waals surface area contributed by atoms with Crippen molar-refractivity contribution in [1.29, 1.82) is 0 Å². The molecule has 5 heteroatoms. The summed E-state index contributed by atoms with van der Waals surface area (Å²) in [5.74, 6) is 0.141. The van der Waals surface area contributed by atoms with Gasteiger partial charge in [0.1, 0.15) is 4.60 Å². The monoisotopic (exact) mass is 191 g/mol. The predicted octanol–water partition coefficient (Wildman–Crippen LogP) is 0.470. The summed E-state index contributed by atoms with van der Waals surface area (Å²) in [7, 11) is 1.68. The minimum atomic E-state index is -0.00231. The van der Waals surface area contributed by atoms with Crippen LogP contribution in [-0.4, -0.2) is 14.9 Å². The van der Waals surface area contributed by atoms with Gasteiger partial charge in [-0.15, -0.1) is 0 Å². The largest absolute Gasteiger partial charge is 0.502 e. The molecule has 0 amide bonds. The molecule has 1 aromatic rings. The zero-order valence-corrected chi connectivity index (χ0v) is 6.38. The van der Waals surface area contributed by atoms with Crippen LogP contribution in [0, 0.1) is 0 Å². The Morgan fingerprint density at radius 1 is 1.78 bits per heavy atom. The Labute approximate surface area is 60.4 Å².